The standard InChI is InChI=1S/C15H29NO5/c1-3-4-5-6-7-8-13(18)16(2)9-11-14(19)15(20)12(10-17)21-11/h11-12,14-15,17,19-20H,3-10H2,1-2H3. The van der Waals surface area contributed by atoms with Gasteiger partial charge in [0.05, 0.1) is 6.61 Å². The summed E-state index contributed by atoms with van der Waals surface area (Å²) in [5, 5.41) is 28.5. The summed E-state index contributed by atoms with van der Waals surface area (Å²) < 4.78 is 5.37. The molecule has 1 rings (SSSR count). The third kappa shape index (κ3) is 5.54. The van der Waals surface area contributed by atoms with Crippen molar-refractivity contribution in [3.05, 3.63) is 0 Å². The highest BCUT2D eigenvalue weighted by Crippen LogP contribution is 2.21. The molecule has 4 atom stereocenters. The zero-order valence-electron chi connectivity index (χ0n) is 13.1. The van der Waals surface area contributed by atoms with Crippen molar-refractivity contribution in [1.29, 1.82) is 0 Å². The first kappa shape index (κ1) is 18.4. The molecule has 6 nitrogen and oxygen atoms in total. The van der Waals surface area contributed by atoms with Crippen LogP contribution in [0.4, 0.5) is 0 Å². The third-order valence-electron chi connectivity index (χ3n) is 4.02. The van der Waals surface area contributed by atoms with E-state index in [-0.39, 0.29) is 19.1 Å². The van der Waals surface area contributed by atoms with Crippen LogP contribution in [0.1, 0.15) is 45.4 Å². The Bertz CT molecular complexity index is 312. The minimum atomic E-state index is -1.10. The highest BCUT2D eigenvalue weighted by atomic mass is 16.6. The quantitative estimate of drug-likeness (QED) is 0.533. The Morgan fingerprint density at radius 1 is 1.10 bits per heavy atom. The smallest absolute Gasteiger partial charge is 0.222 e. The van der Waals surface area contributed by atoms with E-state index in [2.05, 4.69) is 6.92 Å². The molecule has 0 aliphatic carbocycles. The fourth-order valence-corrected chi connectivity index (χ4v) is 2.57. The molecular formula is C15H29NO5. The largest absolute Gasteiger partial charge is 0.394 e. The molecule has 0 saturated carbocycles. The van der Waals surface area contributed by atoms with Crippen molar-refractivity contribution in [3.8, 4) is 0 Å². The lowest BCUT2D eigenvalue weighted by molar-refractivity contribution is -0.132. The van der Waals surface area contributed by atoms with Crippen molar-refractivity contribution < 1.29 is 24.9 Å². The maximum atomic E-state index is 12.0. The summed E-state index contributed by atoms with van der Waals surface area (Å²) in [6.07, 6.45) is 2.37. The Morgan fingerprint density at radius 3 is 2.29 bits per heavy atom. The van der Waals surface area contributed by atoms with Crippen LogP contribution in [-0.4, -0.2) is 70.7 Å². The lowest BCUT2D eigenvalue weighted by Crippen LogP contribution is -2.40. The number of aliphatic hydroxyl groups is 3. The Labute approximate surface area is 126 Å². The van der Waals surface area contributed by atoms with E-state index >= 15 is 0 Å². The molecule has 1 aliphatic heterocycles. The van der Waals surface area contributed by atoms with Gasteiger partial charge in [0.25, 0.3) is 0 Å². The highest BCUT2D eigenvalue weighted by molar-refractivity contribution is 5.75. The minimum absolute atomic E-state index is 0.0178. The van der Waals surface area contributed by atoms with Crippen LogP contribution in [0.5, 0.6) is 0 Å². The van der Waals surface area contributed by atoms with Crippen molar-refractivity contribution in [2.45, 2.75) is 69.9 Å². The van der Waals surface area contributed by atoms with E-state index in [9.17, 15) is 15.0 Å². The van der Waals surface area contributed by atoms with Crippen LogP contribution in [0.3, 0.4) is 0 Å². The number of hydrogen-bond donors (Lipinski definition) is 3. The topological polar surface area (TPSA) is 90.2 Å². The van der Waals surface area contributed by atoms with Gasteiger partial charge in [-0.25, -0.2) is 0 Å². The molecule has 0 aromatic carbocycles. The molecule has 1 aliphatic rings. The Balaban J connectivity index is 2.29. The van der Waals surface area contributed by atoms with E-state index < -0.39 is 24.4 Å². The second-order valence-corrected chi connectivity index (χ2v) is 5.82. The first-order valence-electron chi connectivity index (χ1n) is 7.87. The summed E-state index contributed by atoms with van der Waals surface area (Å²) in [4.78, 5) is 13.5. The number of hydrogen-bond acceptors (Lipinski definition) is 5. The number of aliphatic hydroxyl groups excluding tert-OH is 3. The fraction of sp³-hybridized carbons (Fsp3) is 0.933. The number of ether oxygens (including phenoxy) is 1. The maximum absolute atomic E-state index is 12.0. The molecule has 124 valence electrons. The van der Waals surface area contributed by atoms with E-state index in [1.165, 1.54) is 17.7 Å². The van der Waals surface area contributed by atoms with Gasteiger partial charge in [-0.2, -0.15) is 0 Å². The summed E-state index contributed by atoms with van der Waals surface area (Å²) in [6, 6.07) is 0. The normalized spacial score (nSPS) is 28.8. The number of nitrogens with zero attached hydrogens (tertiary/aromatic N) is 1. The van der Waals surface area contributed by atoms with E-state index in [0.717, 1.165) is 19.3 Å². The molecule has 3 N–H and O–H groups in total. The van der Waals surface area contributed by atoms with E-state index in [1.807, 2.05) is 0 Å². The third-order valence-corrected chi connectivity index (χ3v) is 4.02. The van der Waals surface area contributed by atoms with Gasteiger partial charge < -0.3 is 25.0 Å². The lowest BCUT2D eigenvalue weighted by atomic mass is 10.1. The second kappa shape index (κ2) is 9.35. The number of carbonyl (C=O) groups is 1. The van der Waals surface area contributed by atoms with Gasteiger partial charge in [-0.05, 0) is 6.42 Å². The van der Waals surface area contributed by atoms with E-state index in [4.69, 9.17) is 9.84 Å². The van der Waals surface area contributed by atoms with E-state index in [0.29, 0.717) is 6.42 Å². The molecule has 1 fully saturated rings. The van der Waals surface area contributed by atoms with Crippen LogP contribution in [0, 0.1) is 0 Å². The van der Waals surface area contributed by atoms with Crippen molar-refractivity contribution in [1.82, 2.24) is 4.90 Å². The molecule has 21 heavy (non-hydrogen) atoms. The molecule has 1 amide bonds. The van der Waals surface area contributed by atoms with Gasteiger partial charge in [-0.1, -0.05) is 32.6 Å². The van der Waals surface area contributed by atoms with Gasteiger partial charge in [0.15, 0.2) is 0 Å². The van der Waals surface area contributed by atoms with Crippen LogP contribution < -0.4 is 0 Å². The molecule has 4 unspecified atom stereocenters. The maximum Gasteiger partial charge on any atom is 0.222 e. The number of amides is 1. The molecular weight excluding hydrogens is 274 g/mol. The Kier molecular flexibility index (Phi) is 8.18. The number of rotatable bonds is 9. The average molecular weight is 303 g/mol. The lowest BCUT2D eigenvalue weighted by Gasteiger charge is -2.23. The van der Waals surface area contributed by atoms with Gasteiger partial charge in [0, 0.05) is 20.0 Å². The van der Waals surface area contributed by atoms with E-state index in [1.54, 1.807) is 7.05 Å². The van der Waals surface area contributed by atoms with Crippen LogP contribution in [-0.2, 0) is 9.53 Å². The summed E-state index contributed by atoms with van der Waals surface area (Å²) in [6.45, 7) is 2.03. The van der Waals surface area contributed by atoms with Gasteiger partial charge in [0.1, 0.15) is 24.4 Å². The minimum Gasteiger partial charge on any atom is -0.394 e. The van der Waals surface area contributed by atoms with Crippen LogP contribution >= 0.6 is 0 Å². The zero-order valence-corrected chi connectivity index (χ0v) is 13.1. The fourth-order valence-electron chi connectivity index (χ4n) is 2.57. The predicted molar refractivity (Wildman–Crippen MR) is 78.8 cm³/mol. The molecule has 0 radical (unpaired) electrons. The monoisotopic (exact) mass is 303 g/mol. The molecule has 1 heterocycles. The van der Waals surface area contributed by atoms with Crippen molar-refractivity contribution in [3.63, 3.8) is 0 Å². The Morgan fingerprint density at radius 2 is 1.71 bits per heavy atom. The van der Waals surface area contributed by atoms with Crippen LogP contribution in [0.15, 0.2) is 0 Å². The number of unbranched alkanes of at least 4 members (excludes halogenated alkanes) is 4. The molecule has 0 spiro atoms. The Hall–Kier alpha value is -0.690. The van der Waals surface area contributed by atoms with Crippen LogP contribution in [0.25, 0.3) is 0 Å². The van der Waals surface area contributed by atoms with Gasteiger partial charge in [-0.3, -0.25) is 4.79 Å². The molecule has 0 aromatic rings. The van der Waals surface area contributed by atoms with Crippen LogP contribution in [0.2, 0.25) is 0 Å². The van der Waals surface area contributed by atoms with Gasteiger partial charge >= 0.3 is 0 Å². The first-order valence-corrected chi connectivity index (χ1v) is 7.87. The summed E-state index contributed by atoms with van der Waals surface area (Å²) in [7, 11) is 1.67. The van der Waals surface area contributed by atoms with Crippen molar-refractivity contribution in [2.75, 3.05) is 20.2 Å². The molecule has 6 heteroatoms. The second-order valence-electron chi connectivity index (χ2n) is 5.82. The van der Waals surface area contributed by atoms with Crippen molar-refractivity contribution in [2.24, 2.45) is 0 Å². The summed E-state index contributed by atoms with van der Waals surface area (Å²) >= 11 is 0. The first-order chi connectivity index (χ1) is 10.0. The SMILES string of the molecule is CCCCCCCC(=O)N(C)CC1OC(CO)C(O)C1O. The average Bonchev–Trinajstić information content (AvgIpc) is 2.74. The molecule has 0 bridgehead atoms. The summed E-state index contributed by atoms with van der Waals surface area (Å²) in [5.74, 6) is 0.0178. The van der Waals surface area contributed by atoms with Gasteiger partial charge in [0.2, 0.25) is 5.91 Å². The zero-order chi connectivity index (χ0) is 15.8. The predicted octanol–water partition coefficient (Wildman–Crippen LogP) is 0.287. The van der Waals surface area contributed by atoms with Gasteiger partial charge in [-0.15, -0.1) is 0 Å². The highest BCUT2D eigenvalue weighted by Gasteiger charge is 2.42. The molecule has 0 aromatic heterocycles. The molecule has 1 saturated heterocycles. The number of likely N-dealkylation sites (N-methyl/N-ethyl adjacent to an activating group) is 1. The van der Waals surface area contributed by atoms with Crippen molar-refractivity contribution >= 4 is 5.91 Å². The number of carbonyl (C=O) groups excluding carboxylic acids is 1. The summed E-state index contributed by atoms with van der Waals surface area (Å²) in [5.41, 5.74) is 0.